The average Bonchev–Trinajstić information content (AvgIpc) is 3.22. The number of rotatable bonds is 5. The molecule has 0 radical (unpaired) electrons. The number of aromatic nitrogens is 2. The molecular formula is C15H17N3O2. The molecule has 0 amide bonds. The molecule has 20 heavy (non-hydrogen) atoms. The van der Waals surface area contributed by atoms with Crippen molar-refractivity contribution in [3.05, 3.63) is 30.1 Å². The Labute approximate surface area is 117 Å². The second-order valence-corrected chi connectivity index (χ2v) is 5.44. The normalized spacial score (nSPS) is 16.1. The van der Waals surface area contributed by atoms with Crippen molar-refractivity contribution in [3.63, 3.8) is 0 Å². The van der Waals surface area contributed by atoms with Crippen LogP contribution < -0.4 is 5.32 Å². The summed E-state index contributed by atoms with van der Waals surface area (Å²) in [6, 6.07) is 7.75. The Bertz CT molecular complexity index is 653. The average molecular weight is 271 g/mol. The van der Waals surface area contributed by atoms with Crippen LogP contribution in [0.15, 0.2) is 24.3 Å². The van der Waals surface area contributed by atoms with Gasteiger partial charge in [-0.2, -0.15) is 0 Å². The Morgan fingerprint density at radius 2 is 2.15 bits per heavy atom. The molecule has 2 N–H and O–H groups in total. The van der Waals surface area contributed by atoms with Gasteiger partial charge in [0.1, 0.15) is 5.82 Å². The van der Waals surface area contributed by atoms with E-state index in [1.165, 1.54) is 12.8 Å². The third-order valence-corrected chi connectivity index (χ3v) is 3.56. The number of nitrogens with one attached hydrogen (secondary N) is 1. The zero-order valence-corrected chi connectivity index (χ0v) is 11.3. The first-order chi connectivity index (χ1) is 9.63. The van der Waals surface area contributed by atoms with Gasteiger partial charge in [-0.25, -0.2) is 14.8 Å². The lowest BCUT2D eigenvalue weighted by Crippen LogP contribution is -2.18. The molecule has 5 heteroatoms. The van der Waals surface area contributed by atoms with Crippen molar-refractivity contribution in [2.45, 2.75) is 32.2 Å². The number of carbonyl (C=O) groups is 1. The third kappa shape index (κ3) is 2.71. The topological polar surface area (TPSA) is 75.1 Å². The standard InChI is InChI=1S/C15H17N3O2/c1-9(8-10-6-7-10)16-13-11-4-2-3-5-12(11)17-14(18-13)15(19)20/h2-5,9-10H,6-8H2,1H3,(H,19,20)(H,16,17,18). The molecule has 1 aromatic carbocycles. The largest absolute Gasteiger partial charge is 0.475 e. The Hall–Kier alpha value is -2.17. The fourth-order valence-corrected chi connectivity index (χ4v) is 2.43. The highest BCUT2D eigenvalue weighted by Gasteiger charge is 2.24. The molecule has 0 saturated heterocycles. The summed E-state index contributed by atoms with van der Waals surface area (Å²) >= 11 is 0. The first-order valence-corrected chi connectivity index (χ1v) is 6.90. The second-order valence-electron chi connectivity index (χ2n) is 5.44. The van der Waals surface area contributed by atoms with Gasteiger partial charge < -0.3 is 10.4 Å². The molecule has 1 atom stereocenters. The SMILES string of the molecule is CC(CC1CC1)Nc1nc(C(=O)O)nc2ccccc12. The predicted octanol–water partition coefficient (Wildman–Crippen LogP) is 2.93. The van der Waals surface area contributed by atoms with Gasteiger partial charge in [-0.3, -0.25) is 0 Å². The molecular weight excluding hydrogens is 254 g/mol. The summed E-state index contributed by atoms with van der Waals surface area (Å²) in [6.45, 7) is 2.11. The van der Waals surface area contributed by atoms with E-state index in [2.05, 4.69) is 22.2 Å². The summed E-state index contributed by atoms with van der Waals surface area (Å²) in [6.07, 6.45) is 3.70. The molecule has 1 aliphatic carbocycles. The molecule has 1 aliphatic rings. The van der Waals surface area contributed by atoms with Crippen molar-refractivity contribution in [3.8, 4) is 0 Å². The summed E-state index contributed by atoms with van der Waals surface area (Å²) < 4.78 is 0. The van der Waals surface area contributed by atoms with E-state index in [1.807, 2.05) is 18.2 Å². The summed E-state index contributed by atoms with van der Waals surface area (Å²) in [5.41, 5.74) is 0.654. The van der Waals surface area contributed by atoms with Gasteiger partial charge in [-0.1, -0.05) is 25.0 Å². The van der Waals surface area contributed by atoms with E-state index in [0.717, 1.165) is 17.7 Å². The van der Waals surface area contributed by atoms with Crippen LogP contribution in [0.5, 0.6) is 0 Å². The highest BCUT2D eigenvalue weighted by molar-refractivity contribution is 5.93. The number of benzene rings is 1. The summed E-state index contributed by atoms with van der Waals surface area (Å²) in [4.78, 5) is 19.3. The molecule has 1 aromatic heterocycles. The van der Waals surface area contributed by atoms with Crippen LogP contribution in [0.3, 0.4) is 0 Å². The minimum atomic E-state index is -1.10. The number of fused-ring (bicyclic) bond motifs is 1. The Morgan fingerprint density at radius 1 is 1.40 bits per heavy atom. The Morgan fingerprint density at radius 3 is 2.85 bits per heavy atom. The molecule has 104 valence electrons. The number of hydrogen-bond acceptors (Lipinski definition) is 4. The van der Waals surface area contributed by atoms with Crippen molar-refractivity contribution in [2.24, 2.45) is 5.92 Å². The van der Waals surface area contributed by atoms with Gasteiger partial charge in [0.15, 0.2) is 0 Å². The molecule has 1 saturated carbocycles. The maximum Gasteiger partial charge on any atom is 0.374 e. The van der Waals surface area contributed by atoms with Crippen molar-refractivity contribution in [1.29, 1.82) is 0 Å². The number of para-hydroxylation sites is 1. The van der Waals surface area contributed by atoms with Crippen LogP contribution in [0, 0.1) is 5.92 Å². The van der Waals surface area contributed by atoms with Gasteiger partial charge in [0.05, 0.1) is 5.52 Å². The Balaban J connectivity index is 1.95. The quantitative estimate of drug-likeness (QED) is 0.874. The number of anilines is 1. The fourth-order valence-electron chi connectivity index (χ4n) is 2.43. The highest BCUT2D eigenvalue weighted by atomic mass is 16.4. The fraction of sp³-hybridized carbons (Fsp3) is 0.400. The van der Waals surface area contributed by atoms with E-state index >= 15 is 0 Å². The van der Waals surface area contributed by atoms with Gasteiger partial charge >= 0.3 is 5.97 Å². The van der Waals surface area contributed by atoms with E-state index in [4.69, 9.17) is 5.11 Å². The molecule has 0 bridgehead atoms. The van der Waals surface area contributed by atoms with Gasteiger partial charge in [-0.15, -0.1) is 0 Å². The van der Waals surface area contributed by atoms with Gasteiger partial charge in [-0.05, 0) is 31.4 Å². The lowest BCUT2D eigenvalue weighted by molar-refractivity contribution is 0.0684. The number of carboxylic acid groups (broad SMARTS) is 1. The summed E-state index contributed by atoms with van der Waals surface area (Å²) in [5.74, 6) is 0.157. The zero-order chi connectivity index (χ0) is 14.1. The van der Waals surface area contributed by atoms with Crippen LogP contribution in [0.2, 0.25) is 0 Å². The van der Waals surface area contributed by atoms with Crippen LogP contribution in [0.4, 0.5) is 5.82 Å². The van der Waals surface area contributed by atoms with Crippen molar-refractivity contribution >= 4 is 22.7 Å². The number of nitrogens with zero attached hydrogens (tertiary/aromatic N) is 2. The lowest BCUT2D eigenvalue weighted by atomic mass is 10.1. The summed E-state index contributed by atoms with van der Waals surface area (Å²) in [7, 11) is 0. The molecule has 1 heterocycles. The minimum absolute atomic E-state index is 0.162. The maximum atomic E-state index is 11.1. The first kappa shape index (κ1) is 12.8. The number of carboxylic acids is 1. The zero-order valence-electron chi connectivity index (χ0n) is 11.3. The highest BCUT2D eigenvalue weighted by Crippen LogP contribution is 2.34. The van der Waals surface area contributed by atoms with Crippen LogP contribution >= 0.6 is 0 Å². The second kappa shape index (κ2) is 5.07. The number of aromatic carboxylic acids is 1. The van der Waals surface area contributed by atoms with E-state index in [9.17, 15) is 4.79 Å². The van der Waals surface area contributed by atoms with E-state index in [-0.39, 0.29) is 11.9 Å². The van der Waals surface area contributed by atoms with Crippen LogP contribution in [0.25, 0.3) is 10.9 Å². The molecule has 0 aliphatic heterocycles. The van der Waals surface area contributed by atoms with Gasteiger partial charge in [0.2, 0.25) is 5.82 Å². The molecule has 3 rings (SSSR count). The van der Waals surface area contributed by atoms with E-state index in [1.54, 1.807) is 6.07 Å². The Kier molecular flexibility index (Phi) is 3.26. The minimum Gasteiger partial charge on any atom is -0.475 e. The molecule has 1 fully saturated rings. The van der Waals surface area contributed by atoms with Gasteiger partial charge in [0, 0.05) is 11.4 Å². The summed E-state index contributed by atoms with van der Waals surface area (Å²) in [5, 5.41) is 13.3. The third-order valence-electron chi connectivity index (χ3n) is 3.56. The van der Waals surface area contributed by atoms with Crippen molar-refractivity contribution < 1.29 is 9.90 Å². The predicted molar refractivity (Wildman–Crippen MR) is 76.9 cm³/mol. The maximum absolute atomic E-state index is 11.1. The van der Waals surface area contributed by atoms with Crippen LogP contribution in [0.1, 0.15) is 36.8 Å². The smallest absolute Gasteiger partial charge is 0.374 e. The molecule has 0 spiro atoms. The molecule has 2 aromatic rings. The first-order valence-electron chi connectivity index (χ1n) is 6.90. The van der Waals surface area contributed by atoms with Crippen molar-refractivity contribution in [2.75, 3.05) is 5.32 Å². The van der Waals surface area contributed by atoms with E-state index in [0.29, 0.717) is 11.3 Å². The molecule has 1 unspecified atom stereocenters. The van der Waals surface area contributed by atoms with Crippen LogP contribution in [-0.4, -0.2) is 27.1 Å². The van der Waals surface area contributed by atoms with E-state index < -0.39 is 5.97 Å². The van der Waals surface area contributed by atoms with Crippen LogP contribution in [-0.2, 0) is 0 Å². The van der Waals surface area contributed by atoms with Crippen molar-refractivity contribution in [1.82, 2.24) is 9.97 Å². The monoisotopic (exact) mass is 271 g/mol. The van der Waals surface area contributed by atoms with Gasteiger partial charge in [0.25, 0.3) is 0 Å². The number of hydrogen-bond donors (Lipinski definition) is 2. The lowest BCUT2D eigenvalue weighted by Gasteiger charge is -2.15. The molecule has 5 nitrogen and oxygen atoms in total.